The van der Waals surface area contributed by atoms with Gasteiger partial charge < -0.3 is 10.2 Å². The quantitative estimate of drug-likeness (QED) is 0.440. The number of nitrogens with one attached hydrogen (secondary N) is 1. The summed E-state index contributed by atoms with van der Waals surface area (Å²) in [5, 5.41) is 13.9. The number of hydrogen-bond acceptors (Lipinski definition) is 3. The number of rotatable bonds is 6. The molecule has 0 aliphatic heterocycles. The molecule has 0 aromatic rings. The molecule has 150 valence electrons. The molecule has 2 saturated carbocycles. The number of nitrogens with zero attached hydrogens (tertiary/aromatic N) is 3. The highest BCUT2D eigenvalue weighted by atomic mass is 32.1. The van der Waals surface area contributed by atoms with E-state index in [9.17, 15) is 0 Å². The fourth-order valence-electron chi connectivity index (χ4n) is 4.21. The highest BCUT2D eigenvalue weighted by molar-refractivity contribution is 7.80. The van der Waals surface area contributed by atoms with Crippen LogP contribution in [0.2, 0.25) is 0 Å². The Morgan fingerprint density at radius 1 is 0.962 bits per heavy atom. The second kappa shape index (κ2) is 11.2. The Hall–Kier alpha value is -0.710. The van der Waals surface area contributed by atoms with Gasteiger partial charge in [-0.15, -0.1) is 0 Å². The van der Waals surface area contributed by atoms with E-state index in [-0.39, 0.29) is 5.66 Å². The van der Waals surface area contributed by atoms with Crippen molar-refractivity contribution in [3.8, 4) is 0 Å². The van der Waals surface area contributed by atoms with Crippen molar-refractivity contribution >= 4 is 17.3 Å². The van der Waals surface area contributed by atoms with Crippen LogP contribution in [0.3, 0.4) is 0 Å². The van der Waals surface area contributed by atoms with Crippen molar-refractivity contribution < 1.29 is 0 Å². The Morgan fingerprint density at radius 3 is 2.08 bits per heavy atom. The van der Waals surface area contributed by atoms with Crippen LogP contribution in [-0.2, 0) is 0 Å². The van der Waals surface area contributed by atoms with Gasteiger partial charge in [0.2, 0.25) is 0 Å². The molecular formula is C21H40N4S. The maximum absolute atomic E-state index is 5.83. The van der Waals surface area contributed by atoms with Crippen molar-refractivity contribution in [1.29, 1.82) is 0 Å². The van der Waals surface area contributed by atoms with Crippen LogP contribution in [0, 0.1) is 0 Å². The molecule has 2 aliphatic carbocycles. The normalized spacial score (nSPS) is 23.2. The fraction of sp³-hybridized carbons (Fsp3) is 0.952. The average molecular weight is 381 g/mol. The van der Waals surface area contributed by atoms with Crippen molar-refractivity contribution in [2.45, 2.75) is 122 Å². The Bertz CT molecular complexity index is 439. The summed E-state index contributed by atoms with van der Waals surface area (Å²) in [6.07, 6.45) is 16.6. The van der Waals surface area contributed by atoms with Gasteiger partial charge in [-0.1, -0.05) is 58.3 Å². The molecule has 0 saturated heterocycles. The molecule has 0 heterocycles. The standard InChI is InChI=1S/C21H40N4S/c1-4-21(3,24-23-18-14-10-9-11-15-18)22-20(26)25(5-2)19-16-12-7-6-8-13-17-19/h18-19H,4-17H2,1-3H3,(H,22,26)/b24-23+. The molecule has 0 aromatic carbocycles. The first-order chi connectivity index (χ1) is 12.6. The molecule has 0 radical (unpaired) electrons. The number of azo groups is 1. The van der Waals surface area contributed by atoms with Crippen LogP contribution in [0.25, 0.3) is 0 Å². The van der Waals surface area contributed by atoms with Crippen LogP contribution >= 0.6 is 12.2 Å². The predicted octanol–water partition coefficient (Wildman–Crippen LogP) is 6.21. The van der Waals surface area contributed by atoms with Crippen LogP contribution in [0.4, 0.5) is 0 Å². The van der Waals surface area contributed by atoms with E-state index in [0.717, 1.165) is 18.1 Å². The molecule has 0 aromatic heterocycles. The highest BCUT2D eigenvalue weighted by Gasteiger charge is 2.28. The Kier molecular flexibility index (Phi) is 9.30. The van der Waals surface area contributed by atoms with Gasteiger partial charge in [-0.2, -0.15) is 10.2 Å². The average Bonchev–Trinajstić information content (AvgIpc) is 2.63. The minimum atomic E-state index is -0.385. The molecule has 26 heavy (non-hydrogen) atoms. The molecule has 1 unspecified atom stereocenters. The van der Waals surface area contributed by atoms with E-state index in [1.54, 1.807) is 0 Å². The Labute approximate surface area is 166 Å². The first-order valence-electron chi connectivity index (χ1n) is 11.1. The van der Waals surface area contributed by atoms with Crippen molar-refractivity contribution in [2.24, 2.45) is 10.2 Å². The van der Waals surface area contributed by atoms with E-state index in [0.29, 0.717) is 12.1 Å². The molecule has 2 aliphatic rings. The van der Waals surface area contributed by atoms with Crippen molar-refractivity contribution in [3.05, 3.63) is 0 Å². The molecule has 1 atom stereocenters. The largest absolute Gasteiger partial charge is 0.347 e. The third kappa shape index (κ3) is 6.79. The van der Waals surface area contributed by atoms with E-state index in [1.165, 1.54) is 77.0 Å². The van der Waals surface area contributed by atoms with Gasteiger partial charge in [-0.05, 0) is 58.2 Å². The summed E-state index contributed by atoms with van der Waals surface area (Å²) in [5.41, 5.74) is -0.385. The van der Waals surface area contributed by atoms with Gasteiger partial charge in [0.25, 0.3) is 0 Å². The second-order valence-electron chi connectivity index (χ2n) is 8.35. The fourth-order valence-corrected chi connectivity index (χ4v) is 4.70. The summed E-state index contributed by atoms with van der Waals surface area (Å²) >= 11 is 5.83. The van der Waals surface area contributed by atoms with Gasteiger partial charge >= 0.3 is 0 Å². The Balaban J connectivity index is 1.96. The zero-order chi connectivity index (χ0) is 18.8. The molecule has 2 fully saturated rings. The van der Waals surface area contributed by atoms with Crippen LogP contribution in [-0.4, -0.2) is 34.3 Å². The lowest BCUT2D eigenvalue weighted by molar-refractivity contribution is 0.252. The van der Waals surface area contributed by atoms with Crippen LogP contribution in [0.1, 0.15) is 104 Å². The maximum Gasteiger partial charge on any atom is 0.171 e. The SMILES string of the molecule is CCN(C(=S)NC(C)(CC)/N=N/C1CCCCC1)C1CCCCCCC1. The third-order valence-electron chi connectivity index (χ3n) is 6.20. The van der Waals surface area contributed by atoms with Gasteiger partial charge in [0.05, 0.1) is 6.04 Å². The van der Waals surface area contributed by atoms with Gasteiger partial charge in [-0.3, -0.25) is 0 Å². The van der Waals surface area contributed by atoms with Gasteiger partial charge in [0.1, 0.15) is 5.66 Å². The smallest absolute Gasteiger partial charge is 0.171 e. The topological polar surface area (TPSA) is 40.0 Å². The lowest BCUT2D eigenvalue weighted by atomic mass is 9.96. The second-order valence-corrected chi connectivity index (χ2v) is 8.74. The highest BCUT2D eigenvalue weighted by Crippen LogP contribution is 2.24. The van der Waals surface area contributed by atoms with Crippen molar-refractivity contribution in [1.82, 2.24) is 10.2 Å². The Morgan fingerprint density at radius 2 is 1.50 bits per heavy atom. The summed E-state index contributed by atoms with van der Waals surface area (Å²) in [7, 11) is 0. The molecular weight excluding hydrogens is 340 g/mol. The molecule has 0 amide bonds. The molecule has 2 rings (SSSR count). The molecule has 0 spiro atoms. The van der Waals surface area contributed by atoms with Gasteiger partial charge in [0.15, 0.2) is 5.11 Å². The summed E-state index contributed by atoms with van der Waals surface area (Å²) in [6.45, 7) is 7.49. The first-order valence-corrected chi connectivity index (χ1v) is 11.5. The summed E-state index contributed by atoms with van der Waals surface area (Å²) in [4.78, 5) is 2.41. The summed E-state index contributed by atoms with van der Waals surface area (Å²) < 4.78 is 0. The van der Waals surface area contributed by atoms with E-state index < -0.39 is 0 Å². The van der Waals surface area contributed by atoms with E-state index >= 15 is 0 Å². The molecule has 5 heteroatoms. The third-order valence-corrected chi connectivity index (χ3v) is 6.53. The van der Waals surface area contributed by atoms with E-state index in [4.69, 9.17) is 17.3 Å². The van der Waals surface area contributed by atoms with Gasteiger partial charge in [-0.25, -0.2) is 0 Å². The minimum absolute atomic E-state index is 0.385. The molecule has 1 N–H and O–H groups in total. The zero-order valence-electron chi connectivity index (χ0n) is 17.3. The van der Waals surface area contributed by atoms with Crippen LogP contribution in [0.15, 0.2) is 10.2 Å². The van der Waals surface area contributed by atoms with Crippen LogP contribution in [0.5, 0.6) is 0 Å². The van der Waals surface area contributed by atoms with Crippen molar-refractivity contribution in [2.75, 3.05) is 6.54 Å². The van der Waals surface area contributed by atoms with Crippen LogP contribution < -0.4 is 5.32 Å². The zero-order valence-corrected chi connectivity index (χ0v) is 18.1. The first kappa shape index (κ1) is 21.6. The summed E-state index contributed by atoms with van der Waals surface area (Å²) in [5.74, 6) is 0. The summed E-state index contributed by atoms with van der Waals surface area (Å²) in [6, 6.07) is 0.995. The lowest BCUT2D eigenvalue weighted by Gasteiger charge is -2.37. The predicted molar refractivity (Wildman–Crippen MR) is 115 cm³/mol. The molecule has 4 nitrogen and oxygen atoms in total. The molecule has 0 bridgehead atoms. The number of thiocarbonyl (C=S) groups is 1. The van der Waals surface area contributed by atoms with E-state index in [1.807, 2.05) is 0 Å². The van der Waals surface area contributed by atoms with E-state index in [2.05, 4.69) is 36.1 Å². The maximum atomic E-state index is 5.83. The van der Waals surface area contributed by atoms with Crippen molar-refractivity contribution in [3.63, 3.8) is 0 Å². The number of hydrogen-bond donors (Lipinski definition) is 1. The lowest BCUT2D eigenvalue weighted by Crippen LogP contribution is -2.53. The minimum Gasteiger partial charge on any atom is -0.347 e. The van der Waals surface area contributed by atoms with Gasteiger partial charge in [0, 0.05) is 12.6 Å². The monoisotopic (exact) mass is 380 g/mol.